The van der Waals surface area contributed by atoms with Crippen LogP contribution in [0, 0.1) is 0 Å². The Labute approximate surface area is 114 Å². The lowest BCUT2D eigenvalue weighted by atomic mass is 10.2. The summed E-state index contributed by atoms with van der Waals surface area (Å²) in [6, 6.07) is 8.02. The van der Waals surface area contributed by atoms with E-state index in [0.717, 1.165) is 44.2 Å². The van der Waals surface area contributed by atoms with Gasteiger partial charge in [-0.25, -0.2) is 0 Å². The Balaban J connectivity index is 1.74. The second-order valence-electron chi connectivity index (χ2n) is 4.81. The van der Waals surface area contributed by atoms with Gasteiger partial charge in [0.15, 0.2) is 0 Å². The molecule has 100 valence electrons. The molecule has 1 aromatic rings. The molecule has 3 nitrogen and oxygen atoms in total. The zero-order chi connectivity index (χ0) is 12.8. The summed E-state index contributed by atoms with van der Waals surface area (Å²) in [6.45, 7) is 4.70. The van der Waals surface area contributed by atoms with Crippen molar-refractivity contribution >= 4 is 11.6 Å². The Morgan fingerprint density at radius 1 is 1.44 bits per heavy atom. The Kier molecular flexibility index (Phi) is 5.45. The molecule has 1 N–H and O–H groups in total. The largest absolute Gasteiger partial charge is 0.376 e. The second kappa shape index (κ2) is 7.10. The summed E-state index contributed by atoms with van der Waals surface area (Å²) in [5.74, 6) is 0. The van der Waals surface area contributed by atoms with Crippen molar-refractivity contribution in [3.8, 4) is 0 Å². The van der Waals surface area contributed by atoms with Crippen molar-refractivity contribution in [2.45, 2.75) is 19.1 Å². The summed E-state index contributed by atoms with van der Waals surface area (Å²) in [5.41, 5.74) is 1.18. The molecule has 2 rings (SSSR count). The highest BCUT2D eigenvalue weighted by molar-refractivity contribution is 6.31. The van der Waals surface area contributed by atoms with Crippen LogP contribution in [0.4, 0.5) is 0 Å². The SMILES string of the molecule is CN(CCC1CNCCO1)Cc1ccccc1Cl. The topological polar surface area (TPSA) is 24.5 Å². The number of hydrogen-bond acceptors (Lipinski definition) is 3. The lowest BCUT2D eigenvalue weighted by Crippen LogP contribution is -2.40. The molecule has 0 radical (unpaired) electrons. The first kappa shape index (κ1) is 13.8. The highest BCUT2D eigenvalue weighted by atomic mass is 35.5. The average Bonchev–Trinajstić information content (AvgIpc) is 2.40. The van der Waals surface area contributed by atoms with Crippen LogP contribution in [0.25, 0.3) is 0 Å². The smallest absolute Gasteiger partial charge is 0.0712 e. The van der Waals surface area contributed by atoms with E-state index in [0.29, 0.717) is 6.10 Å². The van der Waals surface area contributed by atoms with Crippen LogP contribution >= 0.6 is 11.6 Å². The van der Waals surface area contributed by atoms with Crippen LogP contribution in [-0.2, 0) is 11.3 Å². The normalized spacial score (nSPS) is 20.3. The predicted octanol–water partition coefficient (Wildman–Crippen LogP) is 2.15. The van der Waals surface area contributed by atoms with Gasteiger partial charge in [-0.05, 0) is 25.1 Å². The van der Waals surface area contributed by atoms with Gasteiger partial charge >= 0.3 is 0 Å². The number of hydrogen-bond donors (Lipinski definition) is 1. The molecule has 1 fully saturated rings. The Morgan fingerprint density at radius 2 is 2.28 bits per heavy atom. The van der Waals surface area contributed by atoms with Crippen molar-refractivity contribution in [2.75, 3.05) is 33.3 Å². The summed E-state index contributed by atoms with van der Waals surface area (Å²) in [4.78, 5) is 2.29. The maximum atomic E-state index is 6.16. The molecule has 4 heteroatoms. The van der Waals surface area contributed by atoms with Crippen LogP contribution in [-0.4, -0.2) is 44.3 Å². The molecule has 1 aromatic carbocycles. The minimum absolute atomic E-state index is 0.354. The molecule has 18 heavy (non-hydrogen) atoms. The van der Waals surface area contributed by atoms with E-state index in [2.05, 4.69) is 23.3 Å². The molecular weight excluding hydrogens is 248 g/mol. The van der Waals surface area contributed by atoms with E-state index in [1.54, 1.807) is 0 Å². The zero-order valence-electron chi connectivity index (χ0n) is 10.9. The number of nitrogens with zero attached hydrogens (tertiary/aromatic N) is 1. The lowest BCUT2D eigenvalue weighted by molar-refractivity contribution is 0.0184. The van der Waals surface area contributed by atoms with Gasteiger partial charge < -0.3 is 15.0 Å². The lowest BCUT2D eigenvalue weighted by Gasteiger charge is -2.26. The van der Waals surface area contributed by atoms with Gasteiger partial charge in [0.05, 0.1) is 12.7 Å². The standard InChI is InChI=1S/C14H21ClN2O/c1-17(8-6-13-10-16-7-9-18-13)11-12-4-2-3-5-14(12)15/h2-5,13,16H,6-11H2,1H3. The maximum Gasteiger partial charge on any atom is 0.0712 e. The van der Waals surface area contributed by atoms with Crippen molar-refractivity contribution < 1.29 is 4.74 Å². The molecule has 0 bridgehead atoms. The van der Waals surface area contributed by atoms with Gasteiger partial charge in [-0.15, -0.1) is 0 Å². The maximum absolute atomic E-state index is 6.16. The first-order valence-corrected chi connectivity index (χ1v) is 6.88. The van der Waals surface area contributed by atoms with E-state index in [-0.39, 0.29) is 0 Å². The quantitative estimate of drug-likeness (QED) is 0.886. The summed E-state index contributed by atoms with van der Waals surface area (Å²) >= 11 is 6.16. The van der Waals surface area contributed by atoms with E-state index < -0.39 is 0 Å². The third-order valence-electron chi connectivity index (χ3n) is 3.24. The second-order valence-corrected chi connectivity index (χ2v) is 5.22. The van der Waals surface area contributed by atoms with Gasteiger partial charge in [-0.3, -0.25) is 0 Å². The van der Waals surface area contributed by atoms with Crippen molar-refractivity contribution in [2.24, 2.45) is 0 Å². The number of benzene rings is 1. The fourth-order valence-electron chi connectivity index (χ4n) is 2.17. The van der Waals surface area contributed by atoms with Crippen molar-refractivity contribution in [1.82, 2.24) is 10.2 Å². The van der Waals surface area contributed by atoms with Crippen LogP contribution in [0.5, 0.6) is 0 Å². The van der Waals surface area contributed by atoms with Gasteiger partial charge in [0.1, 0.15) is 0 Å². The summed E-state index contributed by atoms with van der Waals surface area (Å²) in [5, 5.41) is 4.20. The van der Waals surface area contributed by atoms with Crippen molar-refractivity contribution in [3.63, 3.8) is 0 Å². The molecule has 0 amide bonds. The zero-order valence-corrected chi connectivity index (χ0v) is 11.6. The number of halogens is 1. The van der Waals surface area contributed by atoms with Crippen molar-refractivity contribution in [3.05, 3.63) is 34.9 Å². The molecule has 1 heterocycles. The molecule has 1 saturated heterocycles. The molecule has 0 aliphatic carbocycles. The summed E-state index contributed by atoms with van der Waals surface area (Å²) in [7, 11) is 2.12. The fourth-order valence-corrected chi connectivity index (χ4v) is 2.36. The third-order valence-corrected chi connectivity index (χ3v) is 3.60. The van der Waals surface area contributed by atoms with E-state index in [1.807, 2.05) is 18.2 Å². The Bertz CT molecular complexity index is 367. The van der Waals surface area contributed by atoms with Crippen molar-refractivity contribution in [1.29, 1.82) is 0 Å². The first-order valence-electron chi connectivity index (χ1n) is 6.50. The van der Waals surface area contributed by atoms with Crippen LogP contribution in [0.15, 0.2) is 24.3 Å². The monoisotopic (exact) mass is 268 g/mol. The minimum atomic E-state index is 0.354. The predicted molar refractivity (Wildman–Crippen MR) is 75.0 cm³/mol. The van der Waals surface area contributed by atoms with Crippen LogP contribution < -0.4 is 5.32 Å². The first-order chi connectivity index (χ1) is 8.75. The minimum Gasteiger partial charge on any atom is -0.376 e. The van der Waals surface area contributed by atoms with Gasteiger partial charge in [-0.2, -0.15) is 0 Å². The van der Waals surface area contributed by atoms with Gasteiger partial charge in [-0.1, -0.05) is 29.8 Å². The molecule has 0 spiro atoms. The molecule has 1 aliphatic heterocycles. The number of nitrogens with one attached hydrogen (secondary N) is 1. The van der Waals surface area contributed by atoms with Gasteiger partial charge in [0, 0.05) is 31.2 Å². The van der Waals surface area contributed by atoms with Crippen LogP contribution in [0.2, 0.25) is 5.02 Å². The number of rotatable bonds is 5. The summed E-state index contributed by atoms with van der Waals surface area (Å²) in [6.07, 6.45) is 1.42. The van der Waals surface area contributed by atoms with Crippen LogP contribution in [0.3, 0.4) is 0 Å². The molecule has 1 atom stereocenters. The number of ether oxygens (including phenoxy) is 1. The van der Waals surface area contributed by atoms with Gasteiger partial charge in [0.25, 0.3) is 0 Å². The third kappa shape index (κ3) is 4.25. The Hall–Kier alpha value is -0.610. The highest BCUT2D eigenvalue weighted by Crippen LogP contribution is 2.16. The van der Waals surface area contributed by atoms with E-state index in [4.69, 9.17) is 16.3 Å². The highest BCUT2D eigenvalue weighted by Gasteiger charge is 2.14. The molecular formula is C14H21ClN2O. The average molecular weight is 269 g/mol. The molecule has 1 unspecified atom stereocenters. The van der Waals surface area contributed by atoms with E-state index >= 15 is 0 Å². The van der Waals surface area contributed by atoms with Gasteiger partial charge in [0.2, 0.25) is 0 Å². The Morgan fingerprint density at radius 3 is 3.00 bits per heavy atom. The number of morpholine rings is 1. The van der Waals surface area contributed by atoms with E-state index in [9.17, 15) is 0 Å². The van der Waals surface area contributed by atoms with Crippen LogP contribution in [0.1, 0.15) is 12.0 Å². The van der Waals surface area contributed by atoms with E-state index in [1.165, 1.54) is 5.56 Å². The molecule has 0 aromatic heterocycles. The molecule has 0 saturated carbocycles. The summed E-state index contributed by atoms with van der Waals surface area (Å²) < 4.78 is 5.69. The fraction of sp³-hybridized carbons (Fsp3) is 0.571. The molecule has 1 aliphatic rings.